The number of rotatable bonds is 5. The molecule has 0 bridgehead atoms. The van der Waals surface area contributed by atoms with Crippen molar-refractivity contribution in [3.05, 3.63) is 105 Å². The number of anilines is 2. The molecule has 0 amide bonds. The number of allylic oxidation sites excluding steroid dienone is 2. The average Bonchev–Trinajstić information content (AvgIpc) is 3.27. The smallest absolute Gasteiger partial charge is 0.269 e. The number of nitro groups is 1. The molecule has 3 aromatic rings. The summed E-state index contributed by atoms with van der Waals surface area (Å²) in [6.07, 6.45) is 5.10. The van der Waals surface area contributed by atoms with Gasteiger partial charge in [-0.1, -0.05) is 30.4 Å². The predicted molar refractivity (Wildman–Crippen MR) is 133 cm³/mol. The van der Waals surface area contributed by atoms with Crippen molar-refractivity contribution >= 4 is 27.1 Å². The van der Waals surface area contributed by atoms with Crippen LogP contribution in [-0.4, -0.2) is 13.3 Å². The molecule has 8 heteroatoms. The van der Waals surface area contributed by atoms with Gasteiger partial charge in [0.2, 0.25) is 0 Å². The molecule has 0 fully saturated rings. The van der Waals surface area contributed by atoms with Crippen molar-refractivity contribution in [2.45, 2.75) is 37.1 Å². The van der Waals surface area contributed by atoms with Gasteiger partial charge in [-0.05, 0) is 78.8 Å². The van der Waals surface area contributed by atoms with Crippen LogP contribution in [0.1, 0.15) is 40.6 Å². The first-order chi connectivity index (χ1) is 16.2. The van der Waals surface area contributed by atoms with Crippen LogP contribution < -0.4 is 10.0 Å². The van der Waals surface area contributed by atoms with Gasteiger partial charge in [-0.3, -0.25) is 14.8 Å². The van der Waals surface area contributed by atoms with E-state index in [0.29, 0.717) is 5.69 Å². The highest BCUT2D eigenvalue weighted by Gasteiger charge is 2.38. The van der Waals surface area contributed by atoms with Crippen LogP contribution in [0.15, 0.2) is 77.7 Å². The highest BCUT2D eigenvalue weighted by Crippen LogP contribution is 2.50. The summed E-state index contributed by atoms with van der Waals surface area (Å²) in [4.78, 5) is 10.8. The van der Waals surface area contributed by atoms with E-state index in [0.717, 1.165) is 34.4 Å². The lowest BCUT2D eigenvalue weighted by Gasteiger charge is -2.37. The molecular formula is C26H25N3O4S. The molecule has 0 saturated carbocycles. The Labute approximate surface area is 198 Å². The zero-order chi connectivity index (χ0) is 24.0. The Morgan fingerprint density at radius 3 is 2.38 bits per heavy atom. The summed E-state index contributed by atoms with van der Waals surface area (Å²) >= 11 is 0. The number of hydrogen-bond acceptors (Lipinski definition) is 5. The van der Waals surface area contributed by atoms with E-state index >= 15 is 0 Å². The lowest BCUT2D eigenvalue weighted by atomic mass is 9.77. The Morgan fingerprint density at radius 1 is 1.00 bits per heavy atom. The Hall–Kier alpha value is -3.65. The predicted octanol–water partition coefficient (Wildman–Crippen LogP) is 5.84. The highest BCUT2D eigenvalue weighted by atomic mass is 32.2. The van der Waals surface area contributed by atoms with Crippen molar-refractivity contribution in [3.8, 4) is 0 Å². The summed E-state index contributed by atoms with van der Waals surface area (Å²) in [5.74, 6) is 0.257. The van der Waals surface area contributed by atoms with Crippen LogP contribution in [0, 0.1) is 29.9 Å². The molecule has 1 aliphatic carbocycles. The SMILES string of the molecule is Cc1cc(C)cc(NS(=O)(=O)c2ccc3c(c2)[C@H]2C=CC[C@H]2[C@@H](c2ccc([N+](=O)[O-])cc2)N3)c1. The molecule has 1 heterocycles. The van der Waals surface area contributed by atoms with Crippen LogP contribution in [0.3, 0.4) is 0 Å². The van der Waals surface area contributed by atoms with Crippen LogP contribution >= 0.6 is 0 Å². The minimum atomic E-state index is -3.75. The molecule has 0 saturated heterocycles. The third-order valence-corrected chi connectivity index (χ3v) is 7.96. The molecular weight excluding hydrogens is 450 g/mol. The number of nitro benzene ring substituents is 1. The van der Waals surface area contributed by atoms with Crippen LogP contribution in [-0.2, 0) is 10.0 Å². The molecule has 5 rings (SSSR count). The molecule has 0 spiro atoms. The topological polar surface area (TPSA) is 101 Å². The summed E-state index contributed by atoms with van der Waals surface area (Å²) in [5, 5.41) is 14.6. The lowest BCUT2D eigenvalue weighted by Crippen LogP contribution is -2.29. The van der Waals surface area contributed by atoms with Crippen LogP contribution in [0.2, 0.25) is 0 Å². The fourth-order valence-electron chi connectivity index (χ4n) is 5.12. The van der Waals surface area contributed by atoms with Gasteiger partial charge in [0.15, 0.2) is 0 Å². The molecule has 174 valence electrons. The first-order valence-corrected chi connectivity index (χ1v) is 12.6. The second kappa shape index (κ2) is 8.29. The van der Waals surface area contributed by atoms with Gasteiger partial charge < -0.3 is 5.32 Å². The Morgan fingerprint density at radius 2 is 1.71 bits per heavy atom. The van der Waals surface area contributed by atoms with Gasteiger partial charge >= 0.3 is 0 Å². The number of benzene rings is 3. The molecule has 2 aliphatic rings. The number of aryl methyl sites for hydroxylation is 2. The summed E-state index contributed by atoms with van der Waals surface area (Å²) in [7, 11) is -3.75. The van der Waals surface area contributed by atoms with Crippen molar-refractivity contribution in [1.29, 1.82) is 0 Å². The van der Waals surface area contributed by atoms with Crippen molar-refractivity contribution < 1.29 is 13.3 Å². The maximum absolute atomic E-state index is 13.2. The quantitative estimate of drug-likeness (QED) is 0.274. The minimum Gasteiger partial charge on any atom is -0.378 e. The van der Waals surface area contributed by atoms with Crippen molar-refractivity contribution in [3.63, 3.8) is 0 Å². The summed E-state index contributed by atoms with van der Waals surface area (Å²) < 4.78 is 29.1. The Kier molecular flexibility index (Phi) is 5.40. The maximum atomic E-state index is 13.2. The Balaban J connectivity index is 1.47. The third kappa shape index (κ3) is 4.05. The number of nitrogens with one attached hydrogen (secondary N) is 2. The van der Waals surface area contributed by atoms with E-state index in [-0.39, 0.29) is 28.5 Å². The fourth-order valence-corrected chi connectivity index (χ4v) is 6.20. The van der Waals surface area contributed by atoms with Gasteiger partial charge in [-0.25, -0.2) is 8.42 Å². The number of fused-ring (bicyclic) bond motifs is 3. The van der Waals surface area contributed by atoms with E-state index in [4.69, 9.17) is 0 Å². The number of non-ortho nitro benzene ring substituents is 1. The number of hydrogen-bond donors (Lipinski definition) is 2. The van der Waals surface area contributed by atoms with Crippen LogP contribution in [0.5, 0.6) is 0 Å². The molecule has 34 heavy (non-hydrogen) atoms. The minimum absolute atomic E-state index is 0.0239. The largest absolute Gasteiger partial charge is 0.378 e. The van der Waals surface area contributed by atoms with E-state index in [1.807, 2.05) is 38.1 Å². The zero-order valence-corrected chi connectivity index (χ0v) is 19.7. The molecule has 0 aromatic heterocycles. The second-order valence-corrected chi connectivity index (χ2v) is 10.7. The summed E-state index contributed by atoms with van der Waals surface area (Å²) in [5.41, 5.74) is 5.38. The van der Waals surface area contributed by atoms with Crippen LogP contribution in [0.4, 0.5) is 17.1 Å². The van der Waals surface area contributed by atoms with Gasteiger partial charge in [0.1, 0.15) is 0 Å². The normalized spacial score (nSPS) is 20.8. The Bertz CT molecular complexity index is 1390. The molecule has 2 N–H and O–H groups in total. The van der Waals surface area contributed by atoms with Crippen molar-refractivity contribution in [2.24, 2.45) is 5.92 Å². The van der Waals surface area contributed by atoms with Gasteiger partial charge in [0.05, 0.1) is 15.9 Å². The molecule has 3 atom stereocenters. The standard InChI is InChI=1S/C26H25N3O4S/c1-16-12-17(2)14-19(13-16)28-34(32,33)21-10-11-25-24(15-21)22-4-3-5-23(22)26(27-25)18-6-8-20(9-7-18)29(30)31/h3-4,6-15,22-23,26-28H,5H2,1-2H3/t22-,23+,26+/m0/s1. The van der Waals surface area contributed by atoms with E-state index in [9.17, 15) is 18.5 Å². The van der Waals surface area contributed by atoms with E-state index in [1.54, 1.807) is 24.3 Å². The number of nitrogens with zero attached hydrogens (tertiary/aromatic N) is 1. The van der Waals surface area contributed by atoms with Gasteiger partial charge in [0, 0.05) is 29.4 Å². The molecule has 0 unspecified atom stereocenters. The second-order valence-electron chi connectivity index (χ2n) is 9.06. The third-order valence-electron chi connectivity index (χ3n) is 6.58. The van der Waals surface area contributed by atoms with E-state index < -0.39 is 14.9 Å². The monoisotopic (exact) mass is 475 g/mol. The van der Waals surface area contributed by atoms with Gasteiger partial charge in [-0.15, -0.1) is 0 Å². The van der Waals surface area contributed by atoms with Gasteiger partial charge in [-0.2, -0.15) is 0 Å². The van der Waals surface area contributed by atoms with E-state index in [1.165, 1.54) is 12.1 Å². The van der Waals surface area contributed by atoms with E-state index in [2.05, 4.69) is 22.2 Å². The summed E-state index contributed by atoms with van der Waals surface area (Å²) in [6, 6.07) is 17.4. The molecule has 1 aliphatic heterocycles. The fraction of sp³-hybridized carbons (Fsp3) is 0.231. The first kappa shape index (κ1) is 22.2. The van der Waals surface area contributed by atoms with Crippen molar-refractivity contribution in [1.82, 2.24) is 0 Å². The number of sulfonamides is 1. The average molecular weight is 476 g/mol. The van der Waals surface area contributed by atoms with Crippen LogP contribution in [0.25, 0.3) is 0 Å². The zero-order valence-electron chi connectivity index (χ0n) is 18.9. The van der Waals surface area contributed by atoms with Gasteiger partial charge in [0.25, 0.3) is 15.7 Å². The molecule has 0 radical (unpaired) electrons. The first-order valence-electron chi connectivity index (χ1n) is 11.1. The van der Waals surface area contributed by atoms with Crippen molar-refractivity contribution in [2.75, 3.05) is 10.0 Å². The lowest BCUT2D eigenvalue weighted by molar-refractivity contribution is -0.384. The molecule has 3 aromatic carbocycles. The summed E-state index contributed by atoms with van der Waals surface area (Å²) in [6.45, 7) is 3.87. The molecule has 7 nitrogen and oxygen atoms in total. The highest BCUT2D eigenvalue weighted by molar-refractivity contribution is 7.92. The maximum Gasteiger partial charge on any atom is 0.269 e.